The number of hydrogen-bond acceptors (Lipinski definition) is 5. The van der Waals surface area contributed by atoms with Crippen LogP contribution >= 0.6 is 0 Å². The van der Waals surface area contributed by atoms with E-state index < -0.39 is 0 Å². The van der Waals surface area contributed by atoms with Crippen LogP contribution in [0.5, 0.6) is 5.75 Å². The van der Waals surface area contributed by atoms with Gasteiger partial charge in [-0.25, -0.2) is 0 Å². The molecule has 0 bridgehead atoms. The van der Waals surface area contributed by atoms with Crippen molar-refractivity contribution in [3.8, 4) is 5.75 Å². The number of methoxy groups -OCH3 is 1. The molecule has 1 aromatic heterocycles. The van der Waals surface area contributed by atoms with E-state index in [0.29, 0.717) is 11.5 Å². The number of carbonyl (C=O) groups excluding carboxylic acids is 2. The summed E-state index contributed by atoms with van der Waals surface area (Å²) in [6, 6.07) is 9.37. The van der Waals surface area contributed by atoms with Crippen molar-refractivity contribution in [2.45, 2.75) is 26.8 Å². The maximum atomic E-state index is 12.5. The second kappa shape index (κ2) is 8.92. The van der Waals surface area contributed by atoms with Crippen LogP contribution in [0, 0.1) is 13.8 Å². The van der Waals surface area contributed by atoms with Crippen molar-refractivity contribution >= 4 is 11.9 Å². The molecule has 2 aromatic rings. The molecule has 0 aliphatic heterocycles. The van der Waals surface area contributed by atoms with Crippen LogP contribution in [-0.2, 0) is 20.9 Å². The third kappa shape index (κ3) is 5.67. The van der Waals surface area contributed by atoms with Crippen molar-refractivity contribution in [3.63, 3.8) is 0 Å². The Hall–Kier alpha value is -2.76. The van der Waals surface area contributed by atoms with Crippen LogP contribution in [-0.4, -0.2) is 37.0 Å². The van der Waals surface area contributed by atoms with Crippen molar-refractivity contribution in [1.29, 1.82) is 0 Å². The Morgan fingerprint density at radius 3 is 2.68 bits per heavy atom. The number of rotatable bonds is 8. The Morgan fingerprint density at radius 2 is 2.00 bits per heavy atom. The fraction of sp³-hybridized carbons (Fsp3) is 0.368. The molecule has 0 radical (unpaired) electrons. The second-order valence-electron chi connectivity index (χ2n) is 5.78. The Kier molecular flexibility index (Phi) is 6.62. The average Bonchev–Trinajstić information content (AvgIpc) is 3.11. The second-order valence-corrected chi connectivity index (χ2v) is 5.78. The first-order chi connectivity index (χ1) is 12.0. The number of amides is 1. The topological polar surface area (TPSA) is 69.0 Å². The zero-order chi connectivity index (χ0) is 18.2. The molecule has 0 fully saturated rings. The van der Waals surface area contributed by atoms with E-state index in [-0.39, 0.29) is 38.0 Å². The predicted molar refractivity (Wildman–Crippen MR) is 92.2 cm³/mol. The average molecular weight is 345 g/mol. The van der Waals surface area contributed by atoms with Crippen LogP contribution in [0.3, 0.4) is 0 Å². The van der Waals surface area contributed by atoms with E-state index in [1.165, 1.54) is 12.0 Å². The van der Waals surface area contributed by atoms with Crippen LogP contribution in [0.1, 0.15) is 23.3 Å². The van der Waals surface area contributed by atoms with E-state index in [0.717, 1.165) is 11.1 Å². The minimum atomic E-state index is -0.368. The fourth-order valence-electron chi connectivity index (χ4n) is 2.30. The van der Waals surface area contributed by atoms with Crippen molar-refractivity contribution in [2.24, 2.45) is 0 Å². The molecular weight excluding hydrogens is 322 g/mol. The van der Waals surface area contributed by atoms with Crippen LogP contribution in [0.25, 0.3) is 0 Å². The molecule has 134 valence electrons. The van der Waals surface area contributed by atoms with E-state index >= 15 is 0 Å². The number of ether oxygens (including phenoxy) is 2. The van der Waals surface area contributed by atoms with E-state index in [2.05, 4.69) is 4.74 Å². The van der Waals surface area contributed by atoms with Crippen molar-refractivity contribution in [3.05, 3.63) is 53.5 Å². The lowest BCUT2D eigenvalue weighted by Gasteiger charge is -2.21. The third-order valence-electron chi connectivity index (χ3n) is 3.79. The summed E-state index contributed by atoms with van der Waals surface area (Å²) in [6.07, 6.45) is 1.66. The van der Waals surface area contributed by atoms with Gasteiger partial charge in [-0.2, -0.15) is 0 Å². The van der Waals surface area contributed by atoms with Crippen molar-refractivity contribution in [2.75, 3.05) is 20.3 Å². The van der Waals surface area contributed by atoms with Gasteiger partial charge in [0, 0.05) is 6.54 Å². The highest BCUT2D eigenvalue weighted by Crippen LogP contribution is 2.19. The number of aryl methyl sites for hydroxylation is 2. The number of furan rings is 1. The largest absolute Gasteiger partial charge is 0.483 e. The first-order valence-electron chi connectivity index (χ1n) is 8.06. The molecule has 0 aliphatic rings. The summed E-state index contributed by atoms with van der Waals surface area (Å²) in [7, 11) is 1.32. The molecule has 0 N–H and O–H groups in total. The number of benzene rings is 1. The Morgan fingerprint density at radius 1 is 1.20 bits per heavy atom. The smallest absolute Gasteiger partial charge is 0.307 e. The van der Waals surface area contributed by atoms with Gasteiger partial charge >= 0.3 is 5.97 Å². The van der Waals surface area contributed by atoms with Gasteiger partial charge in [-0.1, -0.05) is 12.1 Å². The van der Waals surface area contributed by atoms with Gasteiger partial charge in [0.1, 0.15) is 11.5 Å². The zero-order valence-corrected chi connectivity index (χ0v) is 14.8. The first-order valence-corrected chi connectivity index (χ1v) is 8.06. The van der Waals surface area contributed by atoms with Gasteiger partial charge in [0.2, 0.25) is 0 Å². The molecule has 1 amide bonds. The molecule has 6 nitrogen and oxygen atoms in total. The van der Waals surface area contributed by atoms with Gasteiger partial charge < -0.3 is 18.8 Å². The third-order valence-corrected chi connectivity index (χ3v) is 3.79. The highest BCUT2D eigenvalue weighted by atomic mass is 16.5. The van der Waals surface area contributed by atoms with Gasteiger partial charge in [-0.15, -0.1) is 0 Å². The molecule has 0 saturated carbocycles. The molecule has 0 unspecified atom stereocenters. The van der Waals surface area contributed by atoms with Gasteiger partial charge in [0.25, 0.3) is 5.91 Å². The minimum absolute atomic E-state index is 0.105. The lowest BCUT2D eigenvalue weighted by Crippen LogP contribution is -2.36. The molecular formula is C19H23NO5. The standard InChI is InChI=1S/C19H23NO5/c1-14-6-7-15(2)17(11-14)25-13-18(21)20(9-8-19(22)23-3)12-16-5-4-10-24-16/h4-7,10-11H,8-9,12-13H2,1-3H3. The summed E-state index contributed by atoms with van der Waals surface area (Å²) in [4.78, 5) is 25.5. The Bertz CT molecular complexity index is 709. The minimum Gasteiger partial charge on any atom is -0.483 e. The van der Waals surface area contributed by atoms with E-state index in [1.807, 2.05) is 32.0 Å². The fourth-order valence-corrected chi connectivity index (χ4v) is 2.30. The molecule has 0 atom stereocenters. The van der Waals surface area contributed by atoms with Gasteiger partial charge in [-0.05, 0) is 43.2 Å². The maximum Gasteiger partial charge on any atom is 0.307 e. The molecule has 2 rings (SSSR count). The lowest BCUT2D eigenvalue weighted by molar-refractivity contribution is -0.142. The Balaban J connectivity index is 2.00. The van der Waals surface area contributed by atoms with Crippen LogP contribution in [0.2, 0.25) is 0 Å². The van der Waals surface area contributed by atoms with Crippen LogP contribution in [0.15, 0.2) is 41.0 Å². The molecule has 0 spiro atoms. The van der Waals surface area contributed by atoms with E-state index in [1.54, 1.807) is 18.4 Å². The maximum absolute atomic E-state index is 12.5. The number of nitrogens with zero attached hydrogens (tertiary/aromatic N) is 1. The SMILES string of the molecule is COC(=O)CCN(Cc1ccco1)C(=O)COc1cc(C)ccc1C. The number of esters is 1. The Labute approximate surface area is 147 Å². The van der Waals surface area contributed by atoms with E-state index in [4.69, 9.17) is 9.15 Å². The van der Waals surface area contributed by atoms with Gasteiger partial charge in [0.15, 0.2) is 6.61 Å². The number of hydrogen-bond donors (Lipinski definition) is 0. The molecule has 0 aliphatic carbocycles. The summed E-state index contributed by atoms with van der Waals surface area (Å²) >= 11 is 0. The zero-order valence-electron chi connectivity index (χ0n) is 14.8. The summed E-state index contributed by atoms with van der Waals surface area (Å²) in [5, 5.41) is 0. The van der Waals surface area contributed by atoms with Crippen molar-refractivity contribution < 1.29 is 23.5 Å². The quantitative estimate of drug-likeness (QED) is 0.688. The predicted octanol–water partition coefficient (Wildman–Crippen LogP) is 2.87. The molecule has 1 aromatic carbocycles. The monoisotopic (exact) mass is 345 g/mol. The summed E-state index contributed by atoms with van der Waals surface area (Å²) < 4.78 is 15.6. The highest BCUT2D eigenvalue weighted by molar-refractivity contribution is 5.78. The van der Waals surface area contributed by atoms with Crippen molar-refractivity contribution in [1.82, 2.24) is 4.90 Å². The number of carbonyl (C=O) groups is 2. The highest BCUT2D eigenvalue weighted by Gasteiger charge is 2.18. The lowest BCUT2D eigenvalue weighted by atomic mass is 10.1. The summed E-state index contributed by atoms with van der Waals surface area (Å²) in [6.45, 7) is 4.30. The molecule has 0 saturated heterocycles. The van der Waals surface area contributed by atoms with E-state index in [9.17, 15) is 9.59 Å². The van der Waals surface area contributed by atoms with Gasteiger partial charge in [0.05, 0.1) is 26.3 Å². The van der Waals surface area contributed by atoms with Crippen LogP contribution < -0.4 is 4.74 Å². The normalized spacial score (nSPS) is 10.4. The molecule has 25 heavy (non-hydrogen) atoms. The molecule has 6 heteroatoms. The summed E-state index contributed by atoms with van der Waals surface area (Å²) in [5.74, 6) is 0.734. The van der Waals surface area contributed by atoms with Gasteiger partial charge in [-0.3, -0.25) is 9.59 Å². The van der Waals surface area contributed by atoms with Crippen LogP contribution in [0.4, 0.5) is 0 Å². The summed E-state index contributed by atoms with van der Waals surface area (Å²) in [5.41, 5.74) is 2.02. The first kappa shape index (κ1) is 18.6. The molecule has 1 heterocycles.